The molecule has 20 heavy (non-hydrogen) atoms. The van der Waals surface area contributed by atoms with Gasteiger partial charge in [0.05, 0.1) is 0 Å². The molecule has 0 bridgehead atoms. The first-order valence-electron chi connectivity index (χ1n) is 6.07. The molecular weight excluding hydrogens is 297 g/mol. The molecular formula is C14H13Cl2N3O. The summed E-state index contributed by atoms with van der Waals surface area (Å²) < 4.78 is 0. The smallest absolute Gasteiger partial charge is 0.225 e. The highest BCUT2D eigenvalue weighted by molar-refractivity contribution is 6.42. The van der Waals surface area contributed by atoms with Crippen LogP contribution in [0.15, 0.2) is 30.6 Å². The Balaban J connectivity index is 1.94. The van der Waals surface area contributed by atoms with Gasteiger partial charge in [-0.25, -0.2) is 9.97 Å². The summed E-state index contributed by atoms with van der Waals surface area (Å²) in [5.41, 5.74) is 2.29. The van der Waals surface area contributed by atoms with E-state index in [1.807, 2.05) is 25.1 Å². The molecule has 2 rings (SSSR count). The summed E-state index contributed by atoms with van der Waals surface area (Å²) in [6.45, 7) is 2.02. The Hall–Kier alpha value is -1.65. The van der Waals surface area contributed by atoms with Crippen molar-refractivity contribution >= 4 is 34.9 Å². The average Bonchev–Trinajstić information content (AvgIpc) is 2.42. The van der Waals surface area contributed by atoms with E-state index in [9.17, 15) is 4.79 Å². The molecule has 1 aromatic heterocycles. The number of nitrogens with one attached hydrogen (secondary N) is 1. The maximum Gasteiger partial charge on any atom is 0.225 e. The van der Waals surface area contributed by atoms with Crippen molar-refractivity contribution < 1.29 is 4.79 Å². The molecule has 0 atom stereocenters. The van der Waals surface area contributed by atoms with Crippen molar-refractivity contribution in [1.29, 1.82) is 0 Å². The number of hydrogen-bond donors (Lipinski definition) is 1. The number of carbonyl (C=O) groups is 1. The lowest BCUT2D eigenvalue weighted by molar-refractivity contribution is -0.116. The molecule has 0 saturated heterocycles. The van der Waals surface area contributed by atoms with Gasteiger partial charge in [-0.15, -0.1) is 0 Å². The Bertz CT molecular complexity index is 632. The van der Waals surface area contributed by atoms with Gasteiger partial charge in [0, 0.05) is 6.42 Å². The maximum absolute atomic E-state index is 11.9. The molecule has 0 fully saturated rings. The van der Waals surface area contributed by atoms with E-state index in [-0.39, 0.29) is 21.9 Å². The summed E-state index contributed by atoms with van der Waals surface area (Å²) in [4.78, 5) is 19.5. The third kappa shape index (κ3) is 3.92. The summed E-state index contributed by atoms with van der Waals surface area (Å²) in [7, 11) is 0. The molecule has 0 aliphatic heterocycles. The third-order valence-electron chi connectivity index (χ3n) is 2.73. The van der Waals surface area contributed by atoms with Gasteiger partial charge in [-0.05, 0) is 18.9 Å². The minimum Gasteiger partial charge on any atom is -0.309 e. The molecule has 1 heterocycles. The number of aromatic nitrogens is 2. The monoisotopic (exact) mass is 309 g/mol. The first-order chi connectivity index (χ1) is 9.56. The summed E-state index contributed by atoms with van der Waals surface area (Å²) in [6.07, 6.45) is 2.26. The van der Waals surface area contributed by atoms with Crippen molar-refractivity contribution in [3.63, 3.8) is 0 Å². The van der Waals surface area contributed by atoms with Crippen molar-refractivity contribution in [2.45, 2.75) is 19.8 Å². The molecule has 6 heteroatoms. The number of benzene rings is 1. The van der Waals surface area contributed by atoms with Crippen molar-refractivity contribution in [2.24, 2.45) is 0 Å². The van der Waals surface area contributed by atoms with E-state index in [0.29, 0.717) is 12.8 Å². The van der Waals surface area contributed by atoms with Crippen molar-refractivity contribution in [3.8, 4) is 0 Å². The van der Waals surface area contributed by atoms with Gasteiger partial charge in [-0.1, -0.05) is 53.0 Å². The molecule has 104 valence electrons. The van der Waals surface area contributed by atoms with Gasteiger partial charge in [0.1, 0.15) is 11.3 Å². The zero-order chi connectivity index (χ0) is 14.5. The lowest BCUT2D eigenvalue weighted by atomic mass is 10.1. The number of amides is 1. The zero-order valence-corrected chi connectivity index (χ0v) is 12.4. The van der Waals surface area contributed by atoms with Crippen LogP contribution in [0.25, 0.3) is 0 Å². The predicted molar refractivity (Wildman–Crippen MR) is 80.2 cm³/mol. The van der Waals surface area contributed by atoms with E-state index in [2.05, 4.69) is 21.4 Å². The molecule has 0 unspecified atom stereocenters. The molecule has 2 aromatic rings. The van der Waals surface area contributed by atoms with Crippen LogP contribution >= 0.6 is 23.2 Å². The Kier molecular flexibility index (Phi) is 4.93. The van der Waals surface area contributed by atoms with Crippen LogP contribution in [0.3, 0.4) is 0 Å². The highest BCUT2D eigenvalue weighted by Gasteiger charge is 2.10. The predicted octanol–water partition coefficient (Wildman–Crippen LogP) is 3.66. The average molecular weight is 310 g/mol. The van der Waals surface area contributed by atoms with E-state index in [1.165, 1.54) is 11.9 Å². The molecule has 4 nitrogen and oxygen atoms in total. The first-order valence-corrected chi connectivity index (χ1v) is 6.83. The van der Waals surface area contributed by atoms with Gasteiger partial charge in [0.25, 0.3) is 0 Å². The standard InChI is InChI=1S/C14H13Cl2N3O/c1-9-3-2-4-10(7-9)5-6-11(20)19-14-12(15)13(16)17-8-18-14/h2-4,7-8H,5-6H2,1H3,(H,17,18,19,20). The molecule has 1 amide bonds. The van der Waals surface area contributed by atoms with Crippen LogP contribution < -0.4 is 5.32 Å². The van der Waals surface area contributed by atoms with Gasteiger partial charge in [-0.3, -0.25) is 4.79 Å². The molecule has 0 aliphatic rings. The largest absolute Gasteiger partial charge is 0.309 e. The number of hydrogen-bond acceptors (Lipinski definition) is 3. The number of carbonyl (C=O) groups excluding carboxylic acids is 1. The summed E-state index contributed by atoms with van der Waals surface area (Å²) in [5, 5.41) is 2.90. The second-order valence-corrected chi connectivity index (χ2v) is 5.10. The van der Waals surface area contributed by atoms with Crippen LogP contribution in [0.4, 0.5) is 5.82 Å². The fraction of sp³-hybridized carbons (Fsp3) is 0.214. The van der Waals surface area contributed by atoms with Crippen LogP contribution in [0.5, 0.6) is 0 Å². The number of aryl methyl sites for hydroxylation is 2. The second-order valence-electron chi connectivity index (χ2n) is 4.36. The first kappa shape index (κ1) is 14.8. The Morgan fingerprint density at radius 3 is 2.85 bits per heavy atom. The lowest BCUT2D eigenvalue weighted by Crippen LogP contribution is -2.14. The molecule has 1 N–H and O–H groups in total. The zero-order valence-electron chi connectivity index (χ0n) is 10.9. The molecule has 1 aromatic carbocycles. The summed E-state index contributed by atoms with van der Waals surface area (Å²) in [6, 6.07) is 8.05. The number of halogens is 2. The number of rotatable bonds is 4. The van der Waals surface area contributed by atoms with E-state index >= 15 is 0 Å². The van der Waals surface area contributed by atoms with Crippen molar-refractivity contribution in [3.05, 3.63) is 51.9 Å². The van der Waals surface area contributed by atoms with Gasteiger partial charge in [-0.2, -0.15) is 0 Å². The van der Waals surface area contributed by atoms with Gasteiger partial charge >= 0.3 is 0 Å². The van der Waals surface area contributed by atoms with E-state index in [1.54, 1.807) is 0 Å². The Labute approximate surface area is 127 Å². The van der Waals surface area contributed by atoms with Gasteiger partial charge in [0.2, 0.25) is 5.91 Å². The Morgan fingerprint density at radius 2 is 2.10 bits per heavy atom. The number of anilines is 1. The van der Waals surface area contributed by atoms with E-state index in [4.69, 9.17) is 23.2 Å². The normalized spacial score (nSPS) is 10.3. The maximum atomic E-state index is 11.9. The van der Waals surface area contributed by atoms with E-state index < -0.39 is 0 Å². The minimum absolute atomic E-state index is 0.121. The van der Waals surface area contributed by atoms with Gasteiger partial charge < -0.3 is 5.32 Å². The van der Waals surface area contributed by atoms with Crippen molar-refractivity contribution in [1.82, 2.24) is 9.97 Å². The van der Waals surface area contributed by atoms with Crippen LogP contribution in [-0.4, -0.2) is 15.9 Å². The van der Waals surface area contributed by atoms with Crippen molar-refractivity contribution in [2.75, 3.05) is 5.32 Å². The lowest BCUT2D eigenvalue weighted by Gasteiger charge is -2.07. The summed E-state index contributed by atoms with van der Waals surface area (Å²) >= 11 is 11.7. The SMILES string of the molecule is Cc1cccc(CCC(=O)Nc2ncnc(Cl)c2Cl)c1. The van der Waals surface area contributed by atoms with Crippen LogP contribution in [0.2, 0.25) is 10.2 Å². The molecule has 0 aliphatic carbocycles. The summed E-state index contributed by atoms with van der Waals surface area (Å²) in [5.74, 6) is 0.0732. The molecule has 0 saturated carbocycles. The van der Waals surface area contributed by atoms with Crippen LogP contribution in [-0.2, 0) is 11.2 Å². The van der Waals surface area contributed by atoms with Gasteiger partial charge in [0.15, 0.2) is 11.0 Å². The highest BCUT2D eigenvalue weighted by atomic mass is 35.5. The number of nitrogens with zero attached hydrogens (tertiary/aromatic N) is 2. The fourth-order valence-corrected chi connectivity index (χ4v) is 2.03. The van der Waals surface area contributed by atoms with E-state index in [0.717, 1.165) is 5.56 Å². The fourth-order valence-electron chi connectivity index (χ4n) is 1.76. The topological polar surface area (TPSA) is 54.9 Å². The quantitative estimate of drug-likeness (QED) is 0.877. The van der Waals surface area contributed by atoms with Crippen LogP contribution in [0.1, 0.15) is 17.5 Å². The Morgan fingerprint density at radius 1 is 1.30 bits per heavy atom. The minimum atomic E-state index is -0.164. The molecule has 0 spiro atoms. The second kappa shape index (κ2) is 6.68. The molecule has 0 radical (unpaired) electrons. The van der Waals surface area contributed by atoms with Crippen LogP contribution in [0, 0.1) is 6.92 Å². The third-order valence-corrected chi connectivity index (χ3v) is 3.47. The highest BCUT2D eigenvalue weighted by Crippen LogP contribution is 2.25.